The summed E-state index contributed by atoms with van der Waals surface area (Å²) in [6.45, 7) is 1.97. The van der Waals surface area contributed by atoms with Crippen LogP contribution in [0.4, 0.5) is 5.13 Å². The first-order valence-corrected chi connectivity index (χ1v) is 6.36. The van der Waals surface area contributed by atoms with E-state index in [1.165, 1.54) is 11.3 Å². The molecule has 1 aromatic heterocycles. The lowest BCUT2D eigenvalue weighted by Crippen LogP contribution is -1.99. The van der Waals surface area contributed by atoms with Crippen LogP contribution in [-0.4, -0.2) is 16.1 Å². The molecule has 1 heterocycles. The highest BCUT2D eigenvalue weighted by Crippen LogP contribution is 2.36. The topological polar surface area (TPSA) is 76.2 Å². The van der Waals surface area contributed by atoms with Crippen molar-refractivity contribution in [2.24, 2.45) is 0 Å². The Balaban J connectivity index is 2.63. The van der Waals surface area contributed by atoms with E-state index < -0.39 is 5.97 Å². The number of nitrogens with zero attached hydrogens (tertiary/aromatic N) is 1. The van der Waals surface area contributed by atoms with Crippen molar-refractivity contribution in [1.82, 2.24) is 4.98 Å². The number of hydrogen-bond acceptors (Lipinski definition) is 4. The minimum atomic E-state index is -1.07. The van der Waals surface area contributed by atoms with Crippen molar-refractivity contribution < 1.29 is 9.90 Å². The van der Waals surface area contributed by atoms with Crippen molar-refractivity contribution in [3.8, 4) is 10.4 Å². The minimum Gasteiger partial charge on any atom is -0.476 e. The third-order valence-corrected chi connectivity index (χ3v) is 3.79. The summed E-state index contributed by atoms with van der Waals surface area (Å²) in [5, 5.41) is 9.31. The van der Waals surface area contributed by atoms with E-state index in [9.17, 15) is 4.79 Å². The van der Waals surface area contributed by atoms with Crippen LogP contribution < -0.4 is 5.73 Å². The number of hydrogen-bond donors (Lipinski definition) is 2. The summed E-state index contributed by atoms with van der Waals surface area (Å²) in [4.78, 5) is 15.5. The molecular weight excluding hydrogens is 304 g/mol. The number of aromatic nitrogens is 1. The Labute approximate surface area is 110 Å². The van der Waals surface area contributed by atoms with Gasteiger partial charge in [0.2, 0.25) is 0 Å². The maximum absolute atomic E-state index is 11.1. The zero-order valence-electron chi connectivity index (χ0n) is 8.90. The normalized spacial score (nSPS) is 10.5. The first-order chi connectivity index (χ1) is 7.99. The number of carbonyl (C=O) groups is 1. The lowest BCUT2D eigenvalue weighted by atomic mass is 10.1. The lowest BCUT2D eigenvalue weighted by Gasteiger charge is -2.03. The van der Waals surface area contributed by atoms with Gasteiger partial charge in [-0.05, 0) is 18.6 Å². The molecule has 0 aliphatic carbocycles. The quantitative estimate of drug-likeness (QED) is 0.893. The predicted molar refractivity (Wildman–Crippen MR) is 71.4 cm³/mol. The fraction of sp³-hybridized carbons (Fsp3) is 0.0909. The van der Waals surface area contributed by atoms with Gasteiger partial charge in [-0.1, -0.05) is 39.4 Å². The maximum atomic E-state index is 11.1. The number of benzene rings is 1. The molecule has 0 unspecified atom stereocenters. The van der Waals surface area contributed by atoms with E-state index in [2.05, 4.69) is 20.9 Å². The minimum absolute atomic E-state index is 0.00273. The summed E-state index contributed by atoms with van der Waals surface area (Å²) in [7, 11) is 0. The molecule has 2 aromatic rings. The smallest absolute Gasteiger partial charge is 0.356 e. The SMILES string of the molecule is Cc1ccc(-c2sc(N)nc2C(=O)O)c(Br)c1. The number of rotatable bonds is 2. The number of anilines is 1. The van der Waals surface area contributed by atoms with Crippen LogP contribution in [0.2, 0.25) is 0 Å². The molecule has 0 saturated heterocycles. The molecule has 17 heavy (non-hydrogen) atoms. The van der Waals surface area contributed by atoms with Crippen LogP contribution in [-0.2, 0) is 0 Å². The van der Waals surface area contributed by atoms with Crippen molar-refractivity contribution in [1.29, 1.82) is 0 Å². The molecule has 0 radical (unpaired) electrons. The molecule has 3 N–H and O–H groups in total. The van der Waals surface area contributed by atoms with Crippen molar-refractivity contribution in [3.05, 3.63) is 33.9 Å². The third-order valence-electron chi connectivity index (χ3n) is 2.22. The predicted octanol–water partition coefficient (Wildman–Crippen LogP) is 3.16. The average Bonchev–Trinajstić information content (AvgIpc) is 2.60. The first kappa shape index (κ1) is 12.1. The highest BCUT2D eigenvalue weighted by Gasteiger charge is 2.19. The third kappa shape index (κ3) is 2.32. The first-order valence-electron chi connectivity index (χ1n) is 4.75. The van der Waals surface area contributed by atoms with Gasteiger partial charge in [-0.25, -0.2) is 9.78 Å². The Morgan fingerprint density at radius 2 is 2.24 bits per heavy atom. The Bertz CT molecular complexity index is 595. The number of aryl methyl sites for hydroxylation is 1. The molecule has 0 aliphatic heterocycles. The number of thiazole rings is 1. The Kier molecular flexibility index (Phi) is 3.17. The molecule has 1 aromatic carbocycles. The van der Waals surface area contributed by atoms with Crippen LogP contribution in [0.3, 0.4) is 0 Å². The molecular formula is C11H9BrN2O2S. The number of aromatic carboxylic acids is 1. The van der Waals surface area contributed by atoms with Gasteiger partial charge in [0.1, 0.15) is 0 Å². The molecule has 0 spiro atoms. The number of nitrogen functional groups attached to an aromatic ring is 1. The van der Waals surface area contributed by atoms with E-state index in [0.717, 1.165) is 15.6 Å². The maximum Gasteiger partial charge on any atom is 0.356 e. The summed E-state index contributed by atoms with van der Waals surface area (Å²) in [6, 6.07) is 5.71. The molecule has 88 valence electrons. The lowest BCUT2D eigenvalue weighted by molar-refractivity contribution is 0.0692. The highest BCUT2D eigenvalue weighted by molar-refractivity contribution is 9.10. The van der Waals surface area contributed by atoms with E-state index in [4.69, 9.17) is 10.8 Å². The summed E-state index contributed by atoms with van der Waals surface area (Å²) in [5.74, 6) is -1.07. The van der Waals surface area contributed by atoms with Gasteiger partial charge < -0.3 is 10.8 Å². The van der Waals surface area contributed by atoms with Gasteiger partial charge in [-0.15, -0.1) is 0 Å². The number of carboxylic acid groups (broad SMARTS) is 1. The van der Waals surface area contributed by atoms with Gasteiger partial charge in [0.25, 0.3) is 0 Å². The van der Waals surface area contributed by atoms with E-state index in [-0.39, 0.29) is 10.8 Å². The van der Waals surface area contributed by atoms with Crippen LogP contribution in [0.25, 0.3) is 10.4 Å². The van der Waals surface area contributed by atoms with Crippen molar-refractivity contribution in [2.75, 3.05) is 5.73 Å². The highest BCUT2D eigenvalue weighted by atomic mass is 79.9. The molecule has 0 amide bonds. The van der Waals surface area contributed by atoms with Crippen molar-refractivity contribution >= 4 is 38.4 Å². The standard InChI is InChI=1S/C11H9BrN2O2S/c1-5-2-3-6(7(12)4-5)9-8(10(15)16)14-11(13)17-9/h2-4H,1H3,(H2,13,14)(H,15,16). The largest absolute Gasteiger partial charge is 0.476 e. The van der Waals surface area contributed by atoms with Crippen LogP contribution in [0.1, 0.15) is 16.1 Å². The van der Waals surface area contributed by atoms with Gasteiger partial charge in [0.15, 0.2) is 10.8 Å². The van der Waals surface area contributed by atoms with E-state index in [1.54, 1.807) is 0 Å². The summed E-state index contributed by atoms with van der Waals surface area (Å²) in [6.07, 6.45) is 0. The summed E-state index contributed by atoms with van der Waals surface area (Å²) in [5.41, 5.74) is 7.45. The van der Waals surface area contributed by atoms with Gasteiger partial charge in [0.05, 0.1) is 4.88 Å². The molecule has 0 atom stereocenters. The van der Waals surface area contributed by atoms with Gasteiger partial charge in [-0.3, -0.25) is 0 Å². The molecule has 0 fully saturated rings. The van der Waals surface area contributed by atoms with Crippen molar-refractivity contribution in [3.63, 3.8) is 0 Å². The number of nitrogens with two attached hydrogens (primary N) is 1. The molecule has 2 rings (SSSR count). The molecule has 0 bridgehead atoms. The number of halogens is 1. The monoisotopic (exact) mass is 312 g/mol. The second-order valence-electron chi connectivity index (χ2n) is 3.52. The molecule has 0 aliphatic rings. The van der Waals surface area contributed by atoms with Gasteiger partial charge in [0, 0.05) is 10.0 Å². The zero-order valence-corrected chi connectivity index (χ0v) is 11.3. The van der Waals surface area contributed by atoms with Crippen LogP contribution in [0.15, 0.2) is 22.7 Å². The second kappa shape index (κ2) is 4.46. The van der Waals surface area contributed by atoms with E-state index in [1.807, 2.05) is 25.1 Å². The van der Waals surface area contributed by atoms with Crippen LogP contribution in [0, 0.1) is 6.92 Å². The zero-order chi connectivity index (χ0) is 12.6. The number of carboxylic acids is 1. The van der Waals surface area contributed by atoms with E-state index >= 15 is 0 Å². The van der Waals surface area contributed by atoms with Gasteiger partial charge >= 0.3 is 5.97 Å². The average molecular weight is 313 g/mol. The van der Waals surface area contributed by atoms with Gasteiger partial charge in [-0.2, -0.15) is 0 Å². The molecule has 0 saturated carbocycles. The fourth-order valence-electron chi connectivity index (χ4n) is 1.47. The summed E-state index contributed by atoms with van der Waals surface area (Å²) < 4.78 is 0.837. The molecule has 6 heteroatoms. The van der Waals surface area contributed by atoms with E-state index in [0.29, 0.717) is 4.88 Å². The summed E-state index contributed by atoms with van der Waals surface area (Å²) >= 11 is 4.59. The Hall–Kier alpha value is -1.40. The van der Waals surface area contributed by atoms with Crippen molar-refractivity contribution in [2.45, 2.75) is 6.92 Å². The van der Waals surface area contributed by atoms with Crippen LogP contribution >= 0.6 is 27.3 Å². The van der Waals surface area contributed by atoms with Crippen LogP contribution in [0.5, 0.6) is 0 Å². The molecule has 4 nitrogen and oxygen atoms in total. The Morgan fingerprint density at radius 3 is 2.82 bits per heavy atom. The second-order valence-corrected chi connectivity index (χ2v) is 5.40. The fourth-order valence-corrected chi connectivity index (χ4v) is 3.15. The Morgan fingerprint density at radius 1 is 1.53 bits per heavy atom.